The van der Waals surface area contributed by atoms with Crippen molar-refractivity contribution in [2.24, 2.45) is 5.73 Å². The van der Waals surface area contributed by atoms with Crippen LogP contribution < -0.4 is 11.1 Å². The topological polar surface area (TPSA) is 41.3 Å². The van der Waals surface area contributed by atoms with E-state index in [1.165, 1.54) is 11.3 Å². The third-order valence-electron chi connectivity index (χ3n) is 3.97. The van der Waals surface area contributed by atoms with Crippen LogP contribution in [0.2, 0.25) is 0 Å². The molecule has 0 aliphatic carbocycles. The molecule has 2 rings (SSSR count). The molecule has 1 heterocycles. The molecule has 1 aliphatic rings. The Kier molecular flexibility index (Phi) is 3.93. The van der Waals surface area contributed by atoms with E-state index in [1.807, 2.05) is 0 Å². The Morgan fingerprint density at radius 2 is 2.00 bits per heavy atom. The van der Waals surface area contributed by atoms with Gasteiger partial charge in [0, 0.05) is 31.4 Å². The van der Waals surface area contributed by atoms with Crippen molar-refractivity contribution in [1.82, 2.24) is 4.90 Å². The Bertz CT molecular complexity index is 385. The van der Waals surface area contributed by atoms with Crippen LogP contribution in [-0.2, 0) is 0 Å². The quantitative estimate of drug-likeness (QED) is 0.857. The van der Waals surface area contributed by atoms with Crippen LogP contribution in [0.5, 0.6) is 0 Å². The second-order valence-electron chi connectivity index (χ2n) is 5.79. The lowest BCUT2D eigenvalue weighted by molar-refractivity contribution is 0.262. The van der Waals surface area contributed by atoms with Gasteiger partial charge >= 0.3 is 0 Å². The summed E-state index contributed by atoms with van der Waals surface area (Å²) in [6.07, 6.45) is 1.12. The van der Waals surface area contributed by atoms with Gasteiger partial charge in [-0.25, -0.2) is 0 Å². The molecule has 1 aromatic rings. The predicted molar refractivity (Wildman–Crippen MR) is 77.9 cm³/mol. The third-order valence-corrected chi connectivity index (χ3v) is 3.97. The fraction of sp³-hybridized carbons (Fsp3) is 0.600. The number of hydrogen-bond acceptors (Lipinski definition) is 3. The number of nitrogens with two attached hydrogens (primary N) is 1. The first-order valence-electron chi connectivity index (χ1n) is 6.84. The van der Waals surface area contributed by atoms with E-state index < -0.39 is 0 Å². The first-order chi connectivity index (χ1) is 8.54. The van der Waals surface area contributed by atoms with E-state index in [1.54, 1.807) is 0 Å². The maximum Gasteiger partial charge on any atom is 0.0634 e. The van der Waals surface area contributed by atoms with Crippen molar-refractivity contribution in [3.63, 3.8) is 0 Å². The summed E-state index contributed by atoms with van der Waals surface area (Å²) in [6, 6.07) is 9.16. The first-order valence-corrected chi connectivity index (χ1v) is 6.84. The van der Waals surface area contributed by atoms with Gasteiger partial charge in [-0.15, -0.1) is 0 Å². The minimum atomic E-state index is 0.0412. The van der Waals surface area contributed by atoms with Crippen LogP contribution in [0.15, 0.2) is 24.3 Å². The van der Waals surface area contributed by atoms with Gasteiger partial charge in [0.15, 0.2) is 0 Å². The number of anilines is 1. The highest BCUT2D eigenvalue weighted by molar-refractivity contribution is 5.47. The van der Waals surface area contributed by atoms with E-state index in [4.69, 9.17) is 5.73 Å². The van der Waals surface area contributed by atoms with Gasteiger partial charge in [-0.2, -0.15) is 0 Å². The second-order valence-corrected chi connectivity index (χ2v) is 5.79. The molecule has 1 fully saturated rings. The van der Waals surface area contributed by atoms with Gasteiger partial charge in [0.05, 0.1) is 5.54 Å². The average Bonchev–Trinajstić information content (AvgIpc) is 2.77. The maximum absolute atomic E-state index is 6.02. The number of rotatable bonds is 4. The van der Waals surface area contributed by atoms with Crippen LogP contribution in [0.25, 0.3) is 0 Å². The molecule has 0 bridgehead atoms. The van der Waals surface area contributed by atoms with Gasteiger partial charge in [0.1, 0.15) is 0 Å². The lowest BCUT2D eigenvalue weighted by Gasteiger charge is -2.31. The van der Waals surface area contributed by atoms with Crippen LogP contribution in [0.4, 0.5) is 5.69 Å². The molecular weight excluding hydrogens is 222 g/mol. The number of likely N-dealkylation sites (tertiary alicyclic amines) is 1. The highest BCUT2D eigenvalue weighted by atomic mass is 15.2. The zero-order valence-corrected chi connectivity index (χ0v) is 11.7. The summed E-state index contributed by atoms with van der Waals surface area (Å²) in [6.45, 7) is 9.46. The Morgan fingerprint density at radius 1 is 1.33 bits per heavy atom. The maximum atomic E-state index is 6.02. The minimum absolute atomic E-state index is 0.0412. The molecule has 0 amide bonds. The molecule has 0 radical (unpaired) electrons. The Hall–Kier alpha value is -1.06. The van der Waals surface area contributed by atoms with Crippen molar-refractivity contribution in [2.45, 2.75) is 38.8 Å². The van der Waals surface area contributed by atoms with Crippen LogP contribution >= 0.6 is 0 Å². The zero-order valence-electron chi connectivity index (χ0n) is 11.7. The van der Waals surface area contributed by atoms with Gasteiger partial charge in [0.25, 0.3) is 0 Å². The molecule has 0 spiro atoms. The molecule has 3 N–H and O–H groups in total. The fourth-order valence-electron chi connectivity index (χ4n) is 2.61. The van der Waals surface area contributed by atoms with Crippen LogP contribution in [0.1, 0.15) is 25.8 Å². The molecule has 3 heteroatoms. The molecule has 1 aromatic carbocycles. The van der Waals surface area contributed by atoms with Crippen LogP contribution in [0, 0.1) is 6.92 Å². The molecule has 1 aliphatic heterocycles. The number of nitrogens with one attached hydrogen (secondary N) is 1. The smallest absolute Gasteiger partial charge is 0.0634 e. The van der Waals surface area contributed by atoms with Gasteiger partial charge in [-0.05, 0) is 39.3 Å². The van der Waals surface area contributed by atoms with Crippen molar-refractivity contribution in [2.75, 3.05) is 25.0 Å². The van der Waals surface area contributed by atoms with Crippen molar-refractivity contribution in [1.29, 1.82) is 0 Å². The highest BCUT2D eigenvalue weighted by Crippen LogP contribution is 2.26. The van der Waals surface area contributed by atoms with E-state index in [0.717, 1.165) is 19.5 Å². The van der Waals surface area contributed by atoms with Crippen molar-refractivity contribution < 1.29 is 0 Å². The van der Waals surface area contributed by atoms with E-state index in [2.05, 4.69) is 55.3 Å². The van der Waals surface area contributed by atoms with E-state index in [0.29, 0.717) is 12.6 Å². The van der Waals surface area contributed by atoms with Crippen LogP contribution in [0.3, 0.4) is 0 Å². The summed E-state index contributed by atoms with van der Waals surface area (Å²) in [5, 5.41) is 3.65. The van der Waals surface area contributed by atoms with E-state index in [-0.39, 0.29) is 5.54 Å². The minimum Gasteiger partial charge on any atom is -0.377 e. The fourth-order valence-corrected chi connectivity index (χ4v) is 2.61. The van der Waals surface area contributed by atoms with Crippen molar-refractivity contribution in [3.05, 3.63) is 29.8 Å². The van der Waals surface area contributed by atoms with E-state index >= 15 is 0 Å². The standard InChI is InChI=1S/C15H25N3/c1-12(2)18-9-8-15(10-16,11-18)17-14-6-4-13(3)5-7-14/h4-7,12,17H,8-11,16H2,1-3H3. The van der Waals surface area contributed by atoms with Crippen LogP contribution in [-0.4, -0.2) is 36.1 Å². The second kappa shape index (κ2) is 5.29. The summed E-state index contributed by atoms with van der Waals surface area (Å²) in [4.78, 5) is 2.49. The summed E-state index contributed by atoms with van der Waals surface area (Å²) < 4.78 is 0. The summed E-state index contributed by atoms with van der Waals surface area (Å²) >= 11 is 0. The Labute approximate surface area is 110 Å². The first kappa shape index (κ1) is 13.4. The molecule has 1 atom stereocenters. The van der Waals surface area contributed by atoms with Crippen molar-refractivity contribution in [3.8, 4) is 0 Å². The SMILES string of the molecule is Cc1ccc(NC2(CN)CCN(C(C)C)C2)cc1. The lowest BCUT2D eigenvalue weighted by atomic mass is 9.98. The molecule has 3 nitrogen and oxygen atoms in total. The summed E-state index contributed by atoms with van der Waals surface area (Å²) in [5.41, 5.74) is 8.53. The summed E-state index contributed by atoms with van der Waals surface area (Å²) in [5.74, 6) is 0. The molecular formula is C15H25N3. The number of aryl methyl sites for hydroxylation is 1. The normalized spacial score (nSPS) is 24.7. The molecule has 1 saturated heterocycles. The molecule has 18 heavy (non-hydrogen) atoms. The van der Waals surface area contributed by atoms with Crippen molar-refractivity contribution >= 4 is 5.69 Å². The number of benzene rings is 1. The molecule has 0 aromatic heterocycles. The predicted octanol–water partition coefficient (Wildman–Crippen LogP) is 2.22. The highest BCUT2D eigenvalue weighted by Gasteiger charge is 2.37. The van der Waals surface area contributed by atoms with Gasteiger partial charge in [0.2, 0.25) is 0 Å². The number of hydrogen-bond donors (Lipinski definition) is 2. The summed E-state index contributed by atoms with van der Waals surface area (Å²) in [7, 11) is 0. The zero-order chi connectivity index (χ0) is 13.2. The largest absolute Gasteiger partial charge is 0.377 e. The van der Waals surface area contributed by atoms with Gasteiger partial charge in [-0.1, -0.05) is 17.7 Å². The lowest BCUT2D eigenvalue weighted by Crippen LogP contribution is -2.48. The third kappa shape index (κ3) is 2.85. The molecule has 0 saturated carbocycles. The van der Waals surface area contributed by atoms with Gasteiger partial charge in [-0.3, -0.25) is 4.90 Å². The Morgan fingerprint density at radius 3 is 2.50 bits per heavy atom. The Balaban J connectivity index is 2.08. The van der Waals surface area contributed by atoms with E-state index in [9.17, 15) is 0 Å². The monoisotopic (exact) mass is 247 g/mol. The molecule has 100 valence electrons. The molecule has 1 unspecified atom stereocenters. The average molecular weight is 247 g/mol. The number of nitrogens with zero attached hydrogens (tertiary/aromatic N) is 1. The van der Waals surface area contributed by atoms with Gasteiger partial charge < -0.3 is 11.1 Å².